The first kappa shape index (κ1) is 18.4. The minimum atomic E-state index is 0.0381. The lowest BCUT2D eigenvalue weighted by atomic mass is 9.99. The zero-order valence-corrected chi connectivity index (χ0v) is 16.4. The van der Waals surface area contributed by atoms with Gasteiger partial charge in [0.2, 0.25) is 12.7 Å². The van der Waals surface area contributed by atoms with Crippen molar-refractivity contribution in [2.75, 3.05) is 20.0 Å². The number of amides is 1. The lowest BCUT2D eigenvalue weighted by Gasteiger charge is -2.22. The molecular weight excluding hydrogens is 372 g/mol. The lowest BCUT2D eigenvalue weighted by molar-refractivity contribution is -0.121. The van der Waals surface area contributed by atoms with E-state index in [1.54, 1.807) is 0 Å². The van der Waals surface area contributed by atoms with Gasteiger partial charge in [0.25, 0.3) is 0 Å². The van der Waals surface area contributed by atoms with Crippen LogP contribution in [-0.4, -0.2) is 46.7 Å². The van der Waals surface area contributed by atoms with E-state index in [-0.39, 0.29) is 18.7 Å². The molecule has 8 nitrogen and oxygen atoms in total. The molecule has 0 spiro atoms. The SMILES string of the molecule is O=C(Cc1ccc2c(c1)OCO2)NC1CCc2nnc(C3CCOCC3)n2CC1. The van der Waals surface area contributed by atoms with Crippen molar-refractivity contribution in [3.05, 3.63) is 35.4 Å². The molecule has 0 saturated carbocycles. The maximum atomic E-state index is 12.6. The molecule has 3 aliphatic heterocycles. The number of ether oxygens (including phenoxy) is 3. The van der Waals surface area contributed by atoms with Crippen molar-refractivity contribution in [3.8, 4) is 11.5 Å². The maximum absolute atomic E-state index is 12.6. The summed E-state index contributed by atoms with van der Waals surface area (Å²) in [4.78, 5) is 12.6. The topological polar surface area (TPSA) is 87.5 Å². The quantitative estimate of drug-likeness (QED) is 0.847. The molecule has 5 rings (SSSR count). The number of hydrogen-bond donors (Lipinski definition) is 1. The summed E-state index contributed by atoms with van der Waals surface area (Å²) in [6.07, 6.45) is 4.98. The van der Waals surface area contributed by atoms with E-state index in [1.165, 1.54) is 0 Å². The van der Waals surface area contributed by atoms with Crippen LogP contribution in [0, 0.1) is 0 Å². The van der Waals surface area contributed by atoms with Crippen molar-refractivity contribution in [1.82, 2.24) is 20.1 Å². The summed E-state index contributed by atoms with van der Waals surface area (Å²) in [6, 6.07) is 5.82. The van der Waals surface area contributed by atoms with Gasteiger partial charge in [-0.2, -0.15) is 0 Å². The smallest absolute Gasteiger partial charge is 0.231 e. The number of carbonyl (C=O) groups is 1. The molecule has 1 atom stereocenters. The van der Waals surface area contributed by atoms with Crippen LogP contribution in [-0.2, 0) is 28.9 Å². The largest absolute Gasteiger partial charge is 0.454 e. The molecule has 29 heavy (non-hydrogen) atoms. The molecule has 2 aromatic rings. The predicted octanol–water partition coefficient (Wildman–Crippen LogP) is 1.96. The Balaban J connectivity index is 1.19. The number of aromatic nitrogens is 3. The van der Waals surface area contributed by atoms with Gasteiger partial charge in [-0.1, -0.05) is 6.07 Å². The van der Waals surface area contributed by atoms with E-state index < -0.39 is 0 Å². The fourth-order valence-electron chi connectivity index (χ4n) is 4.43. The van der Waals surface area contributed by atoms with Gasteiger partial charge in [0.1, 0.15) is 11.6 Å². The Bertz CT molecular complexity index is 891. The van der Waals surface area contributed by atoms with Crippen molar-refractivity contribution in [3.63, 3.8) is 0 Å². The Labute approximate surface area is 169 Å². The standard InChI is InChI=1S/C21H26N4O4/c26-20(12-14-1-3-17-18(11-14)29-13-28-17)22-16-2-4-19-23-24-21(25(19)8-5-16)15-6-9-27-10-7-15/h1,3,11,15-16H,2,4-10,12-13H2,(H,22,26). The predicted molar refractivity (Wildman–Crippen MR) is 104 cm³/mol. The third-order valence-electron chi connectivity index (χ3n) is 6.03. The molecule has 3 aliphatic rings. The third-order valence-corrected chi connectivity index (χ3v) is 6.03. The number of hydrogen-bond acceptors (Lipinski definition) is 6. The first-order chi connectivity index (χ1) is 14.3. The molecule has 1 amide bonds. The monoisotopic (exact) mass is 398 g/mol. The van der Waals surface area contributed by atoms with E-state index in [0.717, 1.165) is 74.8 Å². The Kier molecular flexibility index (Phi) is 5.10. The Morgan fingerprint density at radius 3 is 2.86 bits per heavy atom. The van der Waals surface area contributed by atoms with Crippen molar-refractivity contribution >= 4 is 5.91 Å². The molecule has 0 bridgehead atoms. The second-order valence-corrected chi connectivity index (χ2v) is 7.97. The highest BCUT2D eigenvalue weighted by Gasteiger charge is 2.26. The molecule has 1 N–H and O–H groups in total. The number of aryl methyl sites for hydroxylation is 1. The van der Waals surface area contributed by atoms with Crippen LogP contribution in [0.4, 0.5) is 0 Å². The zero-order chi connectivity index (χ0) is 19.6. The number of nitrogens with one attached hydrogen (secondary N) is 1. The fourth-order valence-corrected chi connectivity index (χ4v) is 4.43. The van der Waals surface area contributed by atoms with Gasteiger partial charge in [0.05, 0.1) is 6.42 Å². The van der Waals surface area contributed by atoms with Gasteiger partial charge in [-0.05, 0) is 43.4 Å². The maximum Gasteiger partial charge on any atom is 0.231 e. The molecule has 0 radical (unpaired) electrons. The minimum absolute atomic E-state index is 0.0381. The molecule has 1 unspecified atom stereocenters. The van der Waals surface area contributed by atoms with E-state index >= 15 is 0 Å². The van der Waals surface area contributed by atoms with E-state index in [0.29, 0.717) is 18.1 Å². The molecule has 1 aromatic heterocycles. The molecule has 4 heterocycles. The summed E-state index contributed by atoms with van der Waals surface area (Å²) < 4.78 is 18.5. The summed E-state index contributed by atoms with van der Waals surface area (Å²) >= 11 is 0. The highest BCUT2D eigenvalue weighted by Crippen LogP contribution is 2.32. The van der Waals surface area contributed by atoms with Crippen LogP contribution < -0.4 is 14.8 Å². The van der Waals surface area contributed by atoms with E-state index in [9.17, 15) is 4.79 Å². The van der Waals surface area contributed by atoms with Crippen LogP contribution in [0.5, 0.6) is 11.5 Å². The first-order valence-electron chi connectivity index (χ1n) is 10.4. The highest BCUT2D eigenvalue weighted by atomic mass is 16.7. The van der Waals surface area contributed by atoms with Gasteiger partial charge < -0.3 is 24.1 Å². The lowest BCUT2D eigenvalue weighted by Crippen LogP contribution is -2.36. The van der Waals surface area contributed by atoms with Crippen LogP contribution >= 0.6 is 0 Å². The molecule has 154 valence electrons. The van der Waals surface area contributed by atoms with Crippen molar-refractivity contribution in [1.29, 1.82) is 0 Å². The molecule has 1 fully saturated rings. The number of rotatable bonds is 4. The Hall–Kier alpha value is -2.61. The molecule has 1 aromatic carbocycles. The first-order valence-corrected chi connectivity index (χ1v) is 10.4. The summed E-state index contributed by atoms with van der Waals surface area (Å²) in [6.45, 7) is 2.69. The van der Waals surface area contributed by atoms with Crippen molar-refractivity contribution in [2.45, 2.75) is 57.0 Å². The fraction of sp³-hybridized carbons (Fsp3) is 0.571. The Morgan fingerprint density at radius 2 is 1.97 bits per heavy atom. The van der Waals surface area contributed by atoms with Crippen LogP contribution in [0.3, 0.4) is 0 Å². The normalized spacial score (nSPS) is 21.4. The van der Waals surface area contributed by atoms with Crippen LogP contribution in [0.15, 0.2) is 18.2 Å². The zero-order valence-electron chi connectivity index (χ0n) is 16.4. The van der Waals surface area contributed by atoms with E-state index in [4.69, 9.17) is 14.2 Å². The minimum Gasteiger partial charge on any atom is -0.454 e. The van der Waals surface area contributed by atoms with Gasteiger partial charge in [0, 0.05) is 38.1 Å². The average molecular weight is 398 g/mol. The average Bonchev–Trinajstić information content (AvgIpc) is 3.32. The van der Waals surface area contributed by atoms with Crippen molar-refractivity contribution in [2.24, 2.45) is 0 Å². The summed E-state index contributed by atoms with van der Waals surface area (Å²) in [7, 11) is 0. The van der Waals surface area contributed by atoms with Crippen molar-refractivity contribution < 1.29 is 19.0 Å². The van der Waals surface area contributed by atoms with Crippen LogP contribution in [0.25, 0.3) is 0 Å². The van der Waals surface area contributed by atoms with Gasteiger partial charge in [-0.3, -0.25) is 4.79 Å². The number of fused-ring (bicyclic) bond motifs is 2. The van der Waals surface area contributed by atoms with Gasteiger partial charge >= 0.3 is 0 Å². The second kappa shape index (κ2) is 8.02. The highest BCUT2D eigenvalue weighted by molar-refractivity contribution is 5.79. The van der Waals surface area contributed by atoms with Gasteiger partial charge in [-0.15, -0.1) is 10.2 Å². The number of carbonyl (C=O) groups excluding carboxylic acids is 1. The van der Waals surface area contributed by atoms with E-state index in [2.05, 4.69) is 20.1 Å². The third kappa shape index (κ3) is 3.94. The summed E-state index contributed by atoms with van der Waals surface area (Å²) in [5.74, 6) is 4.05. The van der Waals surface area contributed by atoms with Crippen LogP contribution in [0.2, 0.25) is 0 Å². The van der Waals surface area contributed by atoms with Crippen LogP contribution in [0.1, 0.15) is 48.8 Å². The summed E-state index contributed by atoms with van der Waals surface area (Å²) in [5, 5.41) is 12.1. The van der Waals surface area contributed by atoms with Gasteiger partial charge in [0.15, 0.2) is 11.5 Å². The number of benzene rings is 1. The number of nitrogens with zero attached hydrogens (tertiary/aromatic N) is 3. The Morgan fingerprint density at radius 1 is 1.10 bits per heavy atom. The molecule has 0 aliphatic carbocycles. The molecule has 1 saturated heterocycles. The second-order valence-electron chi connectivity index (χ2n) is 7.97. The van der Waals surface area contributed by atoms with Gasteiger partial charge in [-0.25, -0.2) is 0 Å². The van der Waals surface area contributed by atoms with E-state index in [1.807, 2.05) is 18.2 Å². The molecule has 8 heteroatoms. The molecular formula is C21H26N4O4. The summed E-state index contributed by atoms with van der Waals surface area (Å²) in [5.41, 5.74) is 0.930.